The summed E-state index contributed by atoms with van der Waals surface area (Å²) < 4.78 is 0. The highest BCUT2D eigenvalue weighted by Gasteiger charge is 2.19. The average molecular weight is 247 g/mol. The third-order valence-corrected chi connectivity index (χ3v) is 3.62. The summed E-state index contributed by atoms with van der Waals surface area (Å²) in [5.41, 5.74) is 3.14. The summed E-state index contributed by atoms with van der Waals surface area (Å²) in [4.78, 5) is 13.5. The number of benzene rings is 1. The second kappa shape index (κ2) is 5.53. The molecule has 18 heavy (non-hydrogen) atoms. The molecule has 1 aromatic carbocycles. The molecule has 1 aromatic rings. The molecule has 98 valence electrons. The summed E-state index contributed by atoms with van der Waals surface area (Å²) in [7, 11) is 1.83. The van der Waals surface area contributed by atoms with E-state index >= 15 is 0 Å². The van der Waals surface area contributed by atoms with E-state index in [9.17, 15) is 9.90 Å². The van der Waals surface area contributed by atoms with Gasteiger partial charge in [0, 0.05) is 19.2 Å². The fourth-order valence-corrected chi connectivity index (χ4v) is 2.51. The Morgan fingerprint density at radius 2 is 2.17 bits per heavy atom. The van der Waals surface area contributed by atoms with Crippen molar-refractivity contribution >= 4 is 11.6 Å². The van der Waals surface area contributed by atoms with Crippen molar-refractivity contribution < 1.29 is 9.90 Å². The lowest BCUT2D eigenvalue weighted by Crippen LogP contribution is -2.25. The van der Waals surface area contributed by atoms with Gasteiger partial charge in [-0.2, -0.15) is 0 Å². The topological polar surface area (TPSA) is 40.5 Å². The molecule has 1 unspecified atom stereocenters. The summed E-state index contributed by atoms with van der Waals surface area (Å²) in [6, 6.07) is 5.96. The number of carbonyl (C=O) groups is 1. The van der Waals surface area contributed by atoms with Gasteiger partial charge in [-0.3, -0.25) is 4.79 Å². The molecule has 2 rings (SSSR count). The molecule has 0 fully saturated rings. The number of carbonyl (C=O) groups excluding carboxylic acids is 1. The van der Waals surface area contributed by atoms with Crippen LogP contribution in [0, 0.1) is 0 Å². The number of hydrogen-bond acceptors (Lipinski definition) is 2. The molecule has 1 aliphatic heterocycles. The first-order chi connectivity index (χ1) is 8.63. The number of aryl methyl sites for hydroxylation is 1. The highest BCUT2D eigenvalue weighted by molar-refractivity contribution is 5.94. The van der Waals surface area contributed by atoms with Crippen molar-refractivity contribution in [3.05, 3.63) is 29.3 Å². The fraction of sp³-hybridized carbons (Fsp3) is 0.533. The van der Waals surface area contributed by atoms with E-state index < -0.39 is 0 Å². The van der Waals surface area contributed by atoms with Crippen molar-refractivity contribution in [3.8, 4) is 0 Å². The first-order valence-electron chi connectivity index (χ1n) is 6.71. The van der Waals surface area contributed by atoms with Crippen molar-refractivity contribution in [1.82, 2.24) is 0 Å². The molecule has 1 amide bonds. The van der Waals surface area contributed by atoms with Crippen LogP contribution in [-0.2, 0) is 11.2 Å². The Morgan fingerprint density at radius 3 is 2.89 bits per heavy atom. The number of aliphatic hydroxyl groups excluding tert-OH is 1. The lowest BCUT2D eigenvalue weighted by atomic mass is 9.99. The second-order valence-corrected chi connectivity index (χ2v) is 5.00. The Bertz CT molecular complexity index is 442. The number of fused-ring (bicyclic) bond motifs is 1. The van der Waals surface area contributed by atoms with E-state index in [2.05, 4.69) is 13.0 Å². The van der Waals surface area contributed by atoms with Crippen molar-refractivity contribution in [2.24, 2.45) is 0 Å². The lowest BCUT2D eigenvalue weighted by Gasteiger charge is -2.19. The Labute approximate surface area is 108 Å². The van der Waals surface area contributed by atoms with E-state index in [-0.39, 0.29) is 12.0 Å². The van der Waals surface area contributed by atoms with Gasteiger partial charge in [-0.25, -0.2) is 0 Å². The largest absolute Gasteiger partial charge is 0.388 e. The third-order valence-electron chi connectivity index (χ3n) is 3.62. The zero-order chi connectivity index (χ0) is 13.1. The molecule has 3 heteroatoms. The number of aliphatic hydroxyl groups is 1. The van der Waals surface area contributed by atoms with Crippen LogP contribution >= 0.6 is 0 Å². The molecule has 1 atom stereocenters. The summed E-state index contributed by atoms with van der Waals surface area (Å²) in [5, 5.41) is 10.0. The second-order valence-electron chi connectivity index (χ2n) is 5.00. The number of hydrogen-bond donors (Lipinski definition) is 1. The predicted molar refractivity (Wildman–Crippen MR) is 72.7 cm³/mol. The standard InChI is InChI=1S/C15H21NO2/c1-3-5-14(17)12-8-9-13-11(10-12)6-4-7-15(18)16(13)2/h8-10,14,17H,3-7H2,1-2H3. The van der Waals surface area contributed by atoms with Gasteiger partial charge >= 0.3 is 0 Å². The van der Waals surface area contributed by atoms with Crippen LogP contribution in [0.15, 0.2) is 18.2 Å². The molecule has 3 nitrogen and oxygen atoms in total. The van der Waals surface area contributed by atoms with E-state index in [1.165, 1.54) is 5.56 Å². The molecular weight excluding hydrogens is 226 g/mol. The van der Waals surface area contributed by atoms with Crippen molar-refractivity contribution in [1.29, 1.82) is 0 Å². The van der Waals surface area contributed by atoms with Gasteiger partial charge in [-0.15, -0.1) is 0 Å². The highest BCUT2D eigenvalue weighted by atomic mass is 16.3. The molecule has 1 heterocycles. The number of nitrogens with zero attached hydrogens (tertiary/aromatic N) is 1. The SMILES string of the molecule is CCCC(O)c1ccc2c(c1)CCCC(=O)N2C. The Morgan fingerprint density at radius 1 is 1.39 bits per heavy atom. The maximum atomic E-state index is 11.8. The minimum absolute atomic E-state index is 0.176. The lowest BCUT2D eigenvalue weighted by molar-refractivity contribution is -0.118. The summed E-state index contributed by atoms with van der Waals surface area (Å²) in [6.45, 7) is 2.07. The Balaban J connectivity index is 2.31. The van der Waals surface area contributed by atoms with Gasteiger partial charge in [0.1, 0.15) is 0 Å². The monoisotopic (exact) mass is 247 g/mol. The van der Waals surface area contributed by atoms with Crippen LogP contribution in [0.1, 0.15) is 49.8 Å². The van der Waals surface area contributed by atoms with Crippen LogP contribution < -0.4 is 4.90 Å². The van der Waals surface area contributed by atoms with Gasteiger partial charge in [0.2, 0.25) is 5.91 Å². The Hall–Kier alpha value is -1.35. The maximum Gasteiger partial charge on any atom is 0.226 e. The zero-order valence-corrected chi connectivity index (χ0v) is 11.1. The normalized spacial score (nSPS) is 17.3. The van der Waals surface area contributed by atoms with Crippen molar-refractivity contribution in [3.63, 3.8) is 0 Å². The predicted octanol–water partition coefficient (Wildman–Crippen LogP) is 2.82. The molecule has 0 radical (unpaired) electrons. The minimum atomic E-state index is -0.385. The van der Waals surface area contributed by atoms with Crippen molar-refractivity contribution in [2.45, 2.75) is 45.1 Å². The number of rotatable bonds is 3. The molecule has 1 N–H and O–H groups in total. The quantitative estimate of drug-likeness (QED) is 0.892. The van der Waals surface area contributed by atoms with Crippen LogP contribution in [0.2, 0.25) is 0 Å². The maximum absolute atomic E-state index is 11.8. The molecular formula is C15H21NO2. The van der Waals surface area contributed by atoms with Crippen LogP contribution in [0.3, 0.4) is 0 Å². The third kappa shape index (κ3) is 2.56. The van der Waals surface area contributed by atoms with Crippen LogP contribution in [0.5, 0.6) is 0 Å². The first kappa shape index (κ1) is 13.1. The van der Waals surface area contributed by atoms with E-state index in [0.29, 0.717) is 6.42 Å². The molecule has 0 aromatic heterocycles. The molecule has 0 saturated carbocycles. The van der Waals surface area contributed by atoms with Gasteiger partial charge in [0.25, 0.3) is 0 Å². The molecule has 0 aliphatic carbocycles. The van der Waals surface area contributed by atoms with Gasteiger partial charge in [0.05, 0.1) is 6.10 Å². The molecule has 0 bridgehead atoms. The van der Waals surface area contributed by atoms with E-state index in [1.807, 2.05) is 19.2 Å². The summed E-state index contributed by atoms with van der Waals surface area (Å²) in [6.07, 6.45) is 3.79. The highest BCUT2D eigenvalue weighted by Crippen LogP contribution is 2.29. The molecule has 0 saturated heterocycles. The first-order valence-corrected chi connectivity index (χ1v) is 6.71. The fourth-order valence-electron chi connectivity index (χ4n) is 2.51. The number of anilines is 1. The van der Waals surface area contributed by atoms with Gasteiger partial charge in [-0.05, 0) is 36.5 Å². The van der Waals surface area contributed by atoms with Crippen LogP contribution in [-0.4, -0.2) is 18.1 Å². The Kier molecular flexibility index (Phi) is 4.02. The smallest absolute Gasteiger partial charge is 0.226 e. The van der Waals surface area contributed by atoms with Crippen LogP contribution in [0.25, 0.3) is 0 Å². The van der Waals surface area contributed by atoms with Gasteiger partial charge in [0.15, 0.2) is 0 Å². The van der Waals surface area contributed by atoms with Gasteiger partial charge in [-0.1, -0.05) is 25.5 Å². The van der Waals surface area contributed by atoms with Crippen molar-refractivity contribution in [2.75, 3.05) is 11.9 Å². The zero-order valence-electron chi connectivity index (χ0n) is 11.1. The summed E-state index contributed by atoms with van der Waals surface area (Å²) in [5.74, 6) is 0.176. The van der Waals surface area contributed by atoms with E-state index in [0.717, 1.165) is 36.9 Å². The molecule has 1 aliphatic rings. The number of amides is 1. The van der Waals surface area contributed by atoms with Gasteiger partial charge < -0.3 is 10.0 Å². The minimum Gasteiger partial charge on any atom is -0.388 e. The molecule has 0 spiro atoms. The summed E-state index contributed by atoms with van der Waals surface area (Å²) >= 11 is 0. The van der Waals surface area contributed by atoms with E-state index in [4.69, 9.17) is 0 Å². The van der Waals surface area contributed by atoms with Crippen LogP contribution in [0.4, 0.5) is 5.69 Å². The average Bonchev–Trinajstić information content (AvgIpc) is 2.50. The van der Waals surface area contributed by atoms with E-state index in [1.54, 1.807) is 4.90 Å².